The minimum absolute atomic E-state index is 0.240. The Morgan fingerprint density at radius 2 is 2.29 bits per heavy atom. The molecule has 0 aliphatic heterocycles. The van der Waals surface area contributed by atoms with E-state index in [0.29, 0.717) is 11.3 Å². The Balaban J connectivity index is 2.71. The molecule has 0 bridgehead atoms. The van der Waals surface area contributed by atoms with Gasteiger partial charge >= 0.3 is 0 Å². The van der Waals surface area contributed by atoms with Gasteiger partial charge in [0, 0.05) is 10.2 Å². The van der Waals surface area contributed by atoms with Crippen molar-refractivity contribution in [3.8, 4) is 0 Å². The molecule has 0 radical (unpaired) electrons. The highest BCUT2D eigenvalue weighted by Crippen LogP contribution is 2.20. The monoisotopic (exact) mass is 277 g/mol. The summed E-state index contributed by atoms with van der Waals surface area (Å²) in [7, 11) is 0. The van der Waals surface area contributed by atoms with Crippen LogP contribution in [0.4, 0.5) is 4.39 Å². The van der Waals surface area contributed by atoms with E-state index in [1.54, 1.807) is 12.1 Å². The standard InChI is InChI=1S/C8H9BrFN3S/c9-6-1-2-7(10)5(3-6)4-14-8(11)13-12/h1-3H,4,12H2,(H2,11,13). The van der Waals surface area contributed by atoms with E-state index in [9.17, 15) is 4.39 Å². The molecule has 4 N–H and O–H groups in total. The lowest BCUT2D eigenvalue weighted by Gasteiger charge is -2.02. The Bertz CT molecular complexity index is 356. The maximum atomic E-state index is 13.2. The number of hydrogen-bond acceptors (Lipinski definition) is 3. The highest BCUT2D eigenvalue weighted by Gasteiger charge is 2.03. The molecule has 14 heavy (non-hydrogen) atoms. The summed E-state index contributed by atoms with van der Waals surface area (Å²) in [5, 5.41) is 3.52. The topological polar surface area (TPSA) is 64.4 Å². The molecule has 1 aromatic carbocycles. The third-order valence-corrected chi connectivity index (χ3v) is 2.86. The number of nitrogens with two attached hydrogens (primary N) is 2. The average molecular weight is 278 g/mol. The third-order valence-electron chi connectivity index (χ3n) is 1.51. The van der Waals surface area contributed by atoms with Crippen LogP contribution in [0.1, 0.15) is 5.56 Å². The van der Waals surface area contributed by atoms with Crippen molar-refractivity contribution in [2.45, 2.75) is 5.75 Å². The van der Waals surface area contributed by atoms with Gasteiger partial charge < -0.3 is 11.6 Å². The molecule has 0 aliphatic carbocycles. The highest BCUT2D eigenvalue weighted by molar-refractivity contribution is 9.10. The van der Waals surface area contributed by atoms with E-state index in [4.69, 9.17) is 11.6 Å². The molecule has 0 saturated heterocycles. The van der Waals surface area contributed by atoms with Crippen LogP contribution in [0.2, 0.25) is 0 Å². The van der Waals surface area contributed by atoms with Gasteiger partial charge in [-0.25, -0.2) is 4.39 Å². The van der Waals surface area contributed by atoms with Crippen molar-refractivity contribution in [2.24, 2.45) is 16.7 Å². The summed E-state index contributed by atoms with van der Waals surface area (Å²) in [6, 6.07) is 4.74. The normalized spacial score (nSPS) is 11.7. The number of benzene rings is 1. The zero-order valence-electron chi connectivity index (χ0n) is 7.21. The van der Waals surface area contributed by atoms with Crippen LogP contribution in [0.25, 0.3) is 0 Å². The van der Waals surface area contributed by atoms with E-state index < -0.39 is 0 Å². The summed E-state index contributed by atoms with van der Waals surface area (Å²) in [6.07, 6.45) is 0. The van der Waals surface area contributed by atoms with Crippen molar-refractivity contribution in [3.63, 3.8) is 0 Å². The van der Waals surface area contributed by atoms with Crippen molar-refractivity contribution >= 4 is 32.9 Å². The van der Waals surface area contributed by atoms with Gasteiger partial charge in [0.25, 0.3) is 0 Å². The molecule has 0 aliphatic rings. The molecule has 0 fully saturated rings. The lowest BCUT2D eigenvalue weighted by Crippen LogP contribution is -2.09. The zero-order chi connectivity index (χ0) is 10.6. The van der Waals surface area contributed by atoms with Gasteiger partial charge in [0.15, 0.2) is 5.17 Å². The molecule has 0 aromatic heterocycles. The molecule has 1 aromatic rings. The molecule has 0 amide bonds. The second kappa shape index (κ2) is 5.21. The Morgan fingerprint density at radius 3 is 2.93 bits per heavy atom. The number of hydrazone groups is 1. The van der Waals surface area contributed by atoms with Crippen molar-refractivity contribution in [3.05, 3.63) is 34.1 Å². The number of halogens is 2. The molecular weight excluding hydrogens is 269 g/mol. The summed E-state index contributed by atoms with van der Waals surface area (Å²) < 4.78 is 14.0. The molecule has 1 rings (SSSR count). The first-order chi connectivity index (χ1) is 6.63. The predicted octanol–water partition coefficient (Wildman–Crippen LogP) is 2.01. The van der Waals surface area contributed by atoms with E-state index in [1.807, 2.05) is 0 Å². The van der Waals surface area contributed by atoms with Crippen molar-refractivity contribution < 1.29 is 4.39 Å². The fraction of sp³-hybridized carbons (Fsp3) is 0.125. The maximum Gasteiger partial charge on any atom is 0.177 e. The van der Waals surface area contributed by atoms with E-state index in [2.05, 4.69) is 21.0 Å². The number of thioether (sulfide) groups is 1. The smallest absolute Gasteiger partial charge is 0.177 e. The SMILES string of the molecule is NN=C(N)SCc1cc(Br)ccc1F. The highest BCUT2D eigenvalue weighted by atomic mass is 79.9. The van der Waals surface area contributed by atoms with Crippen LogP contribution in [0.5, 0.6) is 0 Å². The quantitative estimate of drug-likeness (QED) is 0.376. The largest absolute Gasteiger partial charge is 0.377 e. The number of amidine groups is 1. The van der Waals surface area contributed by atoms with Gasteiger partial charge in [-0.2, -0.15) is 5.10 Å². The Hall–Kier alpha value is -0.750. The van der Waals surface area contributed by atoms with Crippen LogP contribution in [-0.4, -0.2) is 5.17 Å². The minimum atomic E-state index is -0.259. The molecule has 0 saturated carbocycles. The summed E-state index contributed by atoms with van der Waals surface area (Å²) >= 11 is 4.45. The van der Waals surface area contributed by atoms with Crippen LogP contribution in [0.15, 0.2) is 27.8 Å². The fourth-order valence-corrected chi connectivity index (χ4v) is 1.85. The zero-order valence-corrected chi connectivity index (χ0v) is 9.61. The van der Waals surface area contributed by atoms with Crippen LogP contribution in [-0.2, 0) is 5.75 Å². The summed E-state index contributed by atoms with van der Waals surface area (Å²) in [5.41, 5.74) is 5.93. The molecule has 3 nitrogen and oxygen atoms in total. The van der Waals surface area contributed by atoms with Crippen LogP contribution >= 0.6 is 27.7 Å². The van der Waals surface area contributed by atoms with Gasteiger partial charge in [0.05, 0.1) is 0 Å². The average Bonchev–Trinajstić information content (AvgIpc) is 2.19. The van der Waals surface area contributed by atoms with E-state index in [-0.39, 0.29) is 11.0 Å². The van der Waals surface area contributed by atoms with E-state index in [0.717, 1.165) is 4.47 Å². The second-order valence-electron chi connectivity index (χ2n) is 2.49. The van der Waals surface area contributed by atoms with Crippen LogP contribution < -0.4 is 11.6 Å². The summed E-state index contributed by atoms with van der Waals surface area (Å²) in [6.45, 7) is 0. The molecule has 0 unspecified atom stereocenters. The molecule has 0 heterocycles. The lowest BCUT2D eigenvalue weighted by molar-refractivity contribution is 0.617. The van der Waals surface area contributed by atoms with Crippen LogP contribution in [0, 0.1) is 5.82 Å². The molecular formula is C8H9BrFN3S. The second-order valence-corrected chi connectivity index (χ2v) is 4.40. The number of nitrogens with zero attached hydrogens (tertiary/aromatic N) is 1. The molecule has 0 atom stereocenters. The Morgan fingerprint density at radius 1 is 1.57 bits per heavy atom. The van der Waals surface area contributed by atoms with Crippen molar-refractivity contribution in [1.82, 2.24) is 0 Å². The van der Waals surface area contributed by atoms with Gasteiger partial charge in [-0.1, -0.05) is 27.7 Å². The predicted molar refractivity (Wildman–Crippen MR) is 61.2 cm³/mol. The minimum Gasteiger partial charge on any atom is -0.377 e. The van der Waals surface area contributed by atoms with Gasteiger partial charge in [0.2, 0.25) is 0 Å². The fourth-order valence-electron chi connectivity index (χ4n) is 0.843. The summed E-state index contributed by atoms with van der Waals surface area (Å²) in [5.74, 6) is 5.10. The lowest BCUT2D eigenvalue weighted by atomic mass is 10.2. The summed E-state index contributed by atoms with van der Waals surface area (Å²) in [4.78, 5) is 0. The Kier molecular flexibility index (Phi) is 4.21. The van der Waals surface area contributed by atoms with E-state index >= 15 is 0 Å². The van der Waals surface area contributed by atoms with Gasteiger partial charge in [0.1, 0.15) is 5.82 Å². The first-order valence-corrected chi connectivity index (χ1v) is 5.51. The van der Waals surface area contributed by atoms with Crippen molar-refractivity contribution in [2.75, 3.05) is 0 Å². The van der Waals surface area contributed by atoms with E-state index in [1.165, 1.54) is 17.8 Å². The first kappa shape index (κ1) is 11.3. The third kappa shape index (κ3) is 3.19. The van der Waals surface area contributed by atoms with Gasteiger partial charge in [-0.05, 0) is 23.8 Å². The van der Waals surface area contributed by atoms with Gasteiger partial charge in [-0.15, -0.1) is 0 Å². The first-order valence-electron chi connectivity index (χ1n) is 3.73. The number of rotatable bonds is 2. The molecule has 0 spiro atoms. The molecule has 76 valence electrons. The van der Waals surface area contributed by atoms with Crippen LogP contribution in [0.3, 0.4) is 0 Å². The maximum absolute atomic E-state index is 13.2. The molecule has 6 heteroatoms. The Labute approximate surface area is 93.9 Å². The van der Waals surface area contributed by atoms with Gasteiger partial charge in [-0.3, -0.25) is 0 Å². The van der Waals surface area contributed by atoms with Crippen molar-refractivity contribution in [1.29, 1.82) is 0 Å². The number of hydrogen-bond donors (Lipinski definition) is 2.